The Balaban J connectivity index is 1.39. The lowest BCUT2D eigenvalue weighted by molar-refractivity contribution is -0.328. The molecule has 47 heavy (non-hydrogen) atoms. The Morgan fingerprint density at radius 2 is 1.62 bits per heavy atom. The topological polar surface area (TPSA) is 177 Å². The van der Waals surface area contributed by atoms with Gasteiger partial charge in [-0.1, -0.05) is 59.6 Å². The van der Waals surface area contributed by atoms with Crippen LogP contribution in [0.15, 0.2) is 11.6 Å². The summed E-state index contributed by atoms with van der Waals surface area (Å²) in [5, 5.41) is 75.1. The number of aliphatic hydroxyl groups excluding tert-OH is 6. The number of aliphatic hydroxyl groups is 6. The summed E-state index contributed by atoms with van der Waals surface area (Å²) in [6, 6.07) is 0. The number of carbonyl (C=O) groups is 1. The lowest BCUT2D eigenvalue weighted by atomic mass is 9.31. The van der Waals surface area contributed by atoms with E-state index in [1.807, 2.05) is 6.92 Å². The van der Waals surface area contributed by atoms with Crippen molar-refractivity contribution in [2.45, 2.75) is 136 Å². The third kappa shape index (κ3) is 4.75. The minimum Gasteiger partial charge on any atom is -0.481 e. The van der Waals surface area contributed by atoms with Crippen LogP contribution in [0.4, 0.5) is 0 Å². The number of fused-ring (bicyclic) bond motifs is 7. The molecule has 5 fully saturated rings. The zero-order chi connectivity index (χ0) is 34.5. The van der Waals surface area contributed by atoms with Crippen LogP contribution < -0.4 is 0 Å². The van der Waals surface area contributed by atoms with Crippen LogP contribution in [0.3, 0.4) is 0 Å². The number of carboxylic acids is 1. The van der Waals surface area contributed by atoms with Gasteiger partial charge in [-0.25, -0.2) is 0 Å². The highest BCUT2D eigenvalue weighted by molar-refractivity contribution is 5.77. The summed E-state index contributed by atoms with van der Waals surface area (Å²) in [6.45, 7) is 12.9. The van der Waals surface area contributed by atoms with Crippen molar-refractivity contribution in [1.82, 2.24) is 0 Å². The molecule has 6 aliphatic rings. The molecule has 6 rings (SSSR count). The Morgan fingerprint density at radius 1 is 0.915 bits per heavy atom. The van der Waals surface area contributed by atoms with E-state index < -0.39 is 53.6 Å². The number of ether oxygens (including phenoxy) is 2. The van der Waals surface area contributed by atoms with Crippen LogP contribution in [0.5, 0.6) is 0 Å². The molecule has 0 aromatic carbocycles. The number of hydrogen-bond acceptors (Lipinski definition) is 9. The van der Waals surface area contributed by atoms with Gasteiger partial charge >= 0.3 is 5.97 Å². The van der Waals surface area contributed by atoms with E-state index in [0.29, 0.717) is 32.1 Å². The van der Waals surface area contributed by atoms with Gasteiger partial charge in [0.05, 0.1) is 30.8 Å². The lowest BCUT2D eigenvalue weighted by Gasteiger charge is -2.73. The molecule has 16 atom stereocenters. The maximum absolute atomic E-state index is 13.2. The van der Waals surface area contributed by atoms with E-state index in [4.69, 9.17) is 9.47 Å². The molecule has 0 bridgehead atoms. The molecule has 16 unspecified atom stereocenters. The van der Waals surface area contributed by atoms with Crippen LogP contribution in [-0.2, 0) is 14.3 Å². The zero-order valence-corrected chi connectivity index (χ0v) is 29.2. The summed E-state index contributed by atoms with van der Waals surface area (Å²) < 4.78 is 11.8. The van der Waals surface area contributed by atoms with E-state index in [1.165, 1.54) is 5.57 Å². The van der Waals surface area contributed by atoms with Crippen LogP contribution >= 0.6 is 0 Å². The average Bonchev–Trinajstić information content (AvgIpc) is 3.02. The number of allylic oxidation sites excluding steroid dienone is 2. The van der Waals surface area contributed by atoms with Crippen LogP contribution in [0.25, 0.3) is 0 Å². The van der Waals surface area contributed by atoms with Crippen molar-refractivity contribution in [3.05, 3.63) is 11.6 Å². The van der Waals surface area contributed by atoms with Gasteiger partial charge in [0.1, 0.15) is 18.3 Å². The fraction of sp³-hybridized carbons (Fsp3) is 0.919. The first kappa shape index (κ1) is 35.7. The predicted octanol–water partition coefficient (Wildman–Crippen LogP) is 3.25. The smallest absolute Gasteiger partial charge is 0.310 e. The first-order chi connectivity index (χ1) is 21.9. The molecular weight excluding hydrogens is 604 g/mol. The molecule has 10 heteroatoms. The average molecular weight is 665 g/mol. The quantitative estimate of drug-likeness (QED) is 0.165. The van der Waals surface area contributed by atoms with Gasteiger partial charge < -0.3 is 45.2 Å². The SMILES string of the molecule is CCC1CC2(C(=O)O)CCC(C)(CO)CC2C2=CCC3C4(C)CC(O)C(OC5OCC(O)C(O)C5O)C(C)(CO)C4CCC3(C)C21C. The Kier molecular flexibility index (Phi) is 8.91. The summed E-state index contributed by atoms with van der Waals surface area (Å²) in [4.78, 5) is 13.2. The van der Waals surface area contributed by atoms with Crippen molar-refractivity contribution in [3.63, 3.8) is 0 Å². The Bertz CT molecular complexity index is 1260. The van der Waals surface area contributed by atoms with Gasteiger partial charge in [-0.2, -0.15) is 0 Å². The fourth-order valence-corrected chi connectivity index (χ4v) is 12.9. The fourth-order valence-electron chi connectivity index (χ4n) is 12.9. The van der Waals surface area contributed by atoms with E-state index in [-0.39, 0.29) is 65.2 Å². The van der Waals surface area contributed by atoms with E-state index in [9.17, 15) is 40.5 Å². The molecule has 0 radical (unpaired) electrons. The zero-order valence-electron chi connectivity index (χ0n) is 29.2. The molecule has 0 amide bonds. The molecule has 5 aliphatic carbocycles. The van der Waals surface area contributed by atoms with Crippen molar-refractivity contribution in [3.8, 4) is 0 Å². The minimum absolute atomic E-state index is 0.0320. The first-order valence-corrected chi connectivity index (χ1v) is 18.1. The standard InChI is InChI=1S/C37H60O10/c1-7-20-14-37(31(44)45)13-12-32(2,18-38)15-22(37)21-8-9-26-33(3)16-23(40)29(47-30-28(43)27(42)24(41)17-46-30)34(4,19-39)25(33)10-11-35(26,5)36(20,21)6/h8,20,22-30,38-43H,7,9-19H2,1-6H3,(H,44,45). The summed E-state index contributed by atoms with van der Waals surface area (Å²) in [6.07, 6.45) is 1.34. The van der Waals surface area contributed by atoms with Crippen LogP contribution in [0.1, 0.15) is 99.3 Å². The second-order valence-corrected chi connectivity index (χ2v) is 17.9. The number of hydrogen-bond donors (Lipinski definition) is 7. The molecule has 1 saturated heterocycles. The third-order valence-electron chi connectivity index (χ3n) is 15.8. The summed E-state index contributed by atoms with van der Waals surface area (Å²) in [5.41, 5.74) is -1.63. The van der Waals surface area contributed by atoms with Gasteiger partial charge in [0.15, 0.2) is 6.29 Å². The van der Waals surface area contributed by atoms with Gasteiger partial charge in [0.2, 0.25) is 0 Å². The van der Waals surface area contributed by atoms with Gasteiger partial charge in [-0.3, -0.25) is 4.79 Å². The highest BCUT2D eigenvalue weighted by Crippen LogP contribution is 2.77. The van der Waals surface area contributed by atoms with Crippen molar-refractivity contribution in [2.24, 2.45) is 56.2 Å². The molecule has 7 N–H and O–H groups in total. The highest BCUT2D eigenvalue weighted by Gasteiger charge is 2.72. The van der Waals surface area contributed by atoms with Crippen LogP contribution in [-0.4, -0.2) is 98.3 Å². The molecule has 1 heterocycles. The monoisotopic (exact) mass is 664 g/mol. The van der Waals surface area contributed by atoms with Crippen LogP contribution in [0.2, 0.25) is 0 Å². The van der Waals surface area contributed by atoms with Gasteiger partial charge in [0.25, 0.3) is 0 Å². The van der Waals surface area contributed by atoms with E-state index >= 15 is 0 Å². The maximum Gasteiger partial charge on any atom is 0.310 e. The number of aliphatic carboxylic acids is 1. The normalized spacial score (nSPS) is 56.0. The second kappa shape index (κ2) is 11.7. The summed E-state index contributed by atoms with van der Waals surface area (Å²) in [7, 11) is 0. The Hall–Kier alpha value is -1.11. The molecule has 1 aliphatic heterocycles. The van der Waals surface area contributed by atoms with Crippen molar-refractivity contribution in [1.29, 1.82) is 0 Å². The molecule has 10 nitrogen and oxygen atoms in total. The van der Waals surface area contributed by atoms with Gasteiger partial charge in [-0.05, 0) is 96.7 Å². The highest BCUT2D eigenvalue weighted by atomic mass is 16.7. The Morgan fingerprint density at radius 3 is 2.23 bits per heavy atom. The van der Waals surface area contributed by atoms with Gasteiger partial charge in [0, 0.05) is 12.0 Å². The van der Waals surface area contributed by atoms with Crippen LogP contribution in [0, 0.1) is 56.2 Å². The number of carboxylic acid groups (broad SMARTS) is 1. The van der Waals surface area contributed by atoms with Crippen molar-refractivity contribution in [2.75, 3.05) is 19.8 Å². The van der Waals surface area contributed by atoms with Crippen molar-refractivity contribution >= 4 is 5.97 Å². The second-order valence-electron chi connectivity index (χ2n) is 17.9. The van der Waals surface area contributed by atoms with Crippen molar-refractivity contribution < 1.29 is 50.0 Å². The third-order valence-corrected chi connectivity index (χ3v) is 15.8. The number of rotatable bonds is 6. The molecule has 0 aromatic rings. The van der Waals surface area contributed by atoms with Gasteiger partial charge in [-0.15, -0.1) is 0 Å². The van der Waals surface area contributed by atoms with E-state index in [2.05, 4.69) is 40.7 Å². The molecule has 4 saturated carbocycles. The summed E-state index contributed by atoms with van der Waals surface area (Å²) >= 11 is 0. The molecule has 0 spiro atoms. The van der Waals surface area contributed by atoms with E-state index in [1.54, 1.807) is 0 Å². The predicted molar refractivity (Wildman–Crippen MR) is 173 cm³/mol. The van der Waals surface area contributed by atoms with E-state index in [0.717, 1.165) is 25.7 Å². The Labute approximate surface area is 279 Å². The lowest BCUT2D eigenvalue weighted by Crippen LogP contribution is -2.70. The largest absolute Gasteiger partial charge is 0.481 e. The molecule has 268 valence electrons. The molecular formula is C37H60O10. The maximum atomic E-state index is 13.2. The first-order valence-electron chi connectivity index (χ1n) is 18.1. The minimum atomic E-state index is -1.50. The summed E-state index contributed by atoms with van der Waals surface area (Å²) in [5.74, 6) is -0.573. The molecule has 0 aromatic heterocycles.